The molecule has 2 nitrogen and oxygen atoms in total. The minimum Gasteiger partial charge on any atom is -0.411 e. The molecular formula is C20H19NO. The standard InChI is InChI=1S/C20H19NO/c22-21-18-13-16-11-12-17(18)20(16)19(14-7-3-1-4-8-14)15-9-5-2-6-10-15/h1-10,16-17,22H,11-13H2/b21-18-. The number of nitrogens with zero attached hydrogens (tertiary/aromatic N) is 1. The zero-order chi connectivity index (χ0) is 14.9. The summed E-state index contributed by atoms with van der Waals surface area (Å²) in [6, 6.07) is 21.2. The Morgan fingerprint density at radius 1 is 0.864 bits per heavy atom. The number of benzene rings is 2. The number of fused-ring (bicyclic) bond motifs is 2. The third-order valence-electron chi connectivity index (χ3n) is 5.02. The van der Waals surface area contributed by atoms with Gasteiger partial charge in [0.05, 0.1) is 5.71 Å². The normalized spacial score (nSPS) is 24.9. The molecule has 2 aromatic carbocycles. The third-order valence-corrected chi connectivity index (χ3v) is 5.02. The highest BCUT2D eigenvalue weighted by molar-refractivity contribution is 5.98. The van der Waals surface area contributed by atoms with Gasteiger partial charge in [0, 0.05) is 5.92 Å². The maximum Gasteiger partial charge on any atom is 0.0648 e. The molecule has 0 heterocycles. The zero-order valence-electron chi connectivity index (χ0n) is 12.4. The zero-order valence-corrected chi connectivity index (χ0v) is 12.4. The predicted molar refractivity (Wildman–Crippen MR) is 89.0 cm³/mol. The molecule has 2 fully saturated rings. The summed E-state index contributed by atoms with van der Waals surface area (Å²) in [5.41, 5.74) is 6.31. The van der Waals surface area contributed by atoms with Gasteiger partial charge < -0.3 is 5.21 Å². The van der Waals surface area contributed by atoms with E-state index in [2.05, 4.69) is 65.8 Å². The fourth-order valence-corrected chi connectivity index (χ4v) is 4.11. The summed E-state index contributed by atoms with van der Waals surface area (Å²) in [4.78, 5) is 0. The van der Waals surface area contributed by atoms with E-state index in [-0.39, 0.29) is 0 Å². The summed E-state index contributed by atoms with van der Waals surface area (Å²) in [6.07, 6.45) is 3.24. The van der Waals surface area contributed by atoms with E-state index in [9.17, 15) is 5.21 Å². The quantitative estimate of drug-likeness (QED) is 0.628. The smallest absolute Gasteiger partial charge is 0.0648 e. The number of hydrogen-bond acceptors (Lipinski definition) is 2. The second kappa shape index (κ2) is 5.45. The van der Waals surface area contributed by atoms with Gasteiger partial charge in [-0.1, -0.05) is 65.8 Å². The van der Waals surface area contributed by atoms with Gasteiger partial charge in [-0.25, -0.2) is 0 Å². The molecule has 2 unspecified atom stereocenters. The molecule has 0 amide bonds. The first-order valence-corrected chi connectivity index (χ1v) is 7.94. The van der Waals surface area contributed by atoms with Crippen LogP contribution in [-0.2, 0) is 0 Å². The molecule has 2 atom stereocenters. The van der Waals surface area contributed by atoms with E-state index in [0.717, 1.165) is 18.6 Å². The van der Waals surface area contributed by atoms with Crippen molar-refractivity contribution in [2.75, 3.05) is 0 Å². The molecule has 2 saturated carbocycles. The second-order valence-corrected chi connectivity index (χ2v) is 6.18. The van der Waals surface area contributed by atoms with Crippen LogP contribution < -0.4 is 0 Å². The molecule has 2 bridgehead atoms. The Morgan fingerprint density at radius 2 is 1.45 bits per heavy atom. The largest absolute Gasteiger partial charge is 0.411 e. The van der Waals surface area contributed by atoms with Gasteiger partial charge in [-0.05, 0) is 47.5 Å². The van der Waals surface area contributed by atoms with Crippen molar-refractivity contribution in [3.05, 3.63) is 77.4 Å². The van der Waals surface area contributed by atoms with Crippen molar-refractivity contribution in [2.24, 2.45) is 17.0 Å². The van der Waals surface area contributed by atoms with Crippen molar-refractivity contribution in [1.82, 2.24) is 0 Å². The van der Waals surface area contributed by atoms with E-state index in [4.69, 9.17) is 0 Å². The van der Waals surface area contributed by atoms with E-state index >= 15 is 0 Å². The molecule has 2 aliphatic carbocycles. The Labute approximate surface area is 130 Å². The Balaban J connectivity index is 1.95. The molecule has 22 heavy (non-hydrogen) atoms. The maximum atomic E-state index is 9.29. The van der Waals surface area contributed by atoms with Crippen LogP contribution in [0.3, 0.4) is 0 Å². The van der Waals surface area contributed by atoms with Crippen molar-refractivity contribution in [3.8, 4) is 0 Å². The molecule has 2 aliphatic rings. The molecule has 0 aliphatic heterocycles. The van der Waals surface area contributed by atoms with E-state index < -0.39 is 0 Å². The molecule has 4 rings (SSSR count). The van der Waals surface area contributed by atoms with Gasteiger partial charge in [0.25, 0.3) is 0 Å². The van der Waals surface area contributed by atoms with E-state index in [0.29, 0.717) is 11.8 Å². The van der Waals surface area contributed by atoms with Crippen LogP contribution in [0.5, 0.6) is 0 Å². The average Bonchev–Trinajstić information content (AvgIpc) is 3.15. The molecule has 0 saturated heterocycles. The predicted octanol–water partition coefficient (Wildman–Crippen LogP) is 4.75. The summed E-state index contributed by atoms with van der Waals surface area (Å²) in [5, 5.41) is 12.9. The van der Waals surface area contributed by atoms with Crippen molar-refractivity contribution in [2.45, 2.75) is 19.3 Å². The van der Waals surface area contributed by atoms with Crippen LogP contribution in [0.2, 0.25) is 0 Å². The summed E-state index contributed by atoms with van der Waals surface area (Å²) in [5.74, 6) is 0.858. The van der Waals surface area contributed by atoms with Crippen molar-refractivity contribution >= 4 is 11.3 Å². The van der Waals surface area contributed by atoms with Crippen LogP contribution in [0, 0.1) is 11.8 Å². The molecule has 110 valence electrons. The fraction of sp³-hybridized carbons (Fsp3) is 0.250. The number of rotatable bonds is 2. The van der Waals surface area contributed by atoms with E-state index in [1.54, 1.807) is 0 Å². The second-order valence-electron chi connectivity index (χ2n) is 6.18. The van der Waals surface area contributed by atoms with Crippen LogP contribution >= 0.6 is 0 Å². The van der Waals surface area contributed by atoms with Crippen LogP contribution in [-0.4, -0.2) is 10.9 Å². The molecule has 0 radical (unpaired) electrons. The lowest BCUT2D eigenvalue weighted by Gasteiger charge is -2.16. The van der Waals surface area contributed by atoms with Gasteiger partial charge in [0.15, 0.2) is 0 Å². The molecular weight excluding hydrogens is 270 g/mol. The first-order valence-electron chi connectivity index (χ1n) is 7.94. The van der Waals surface area contributed by atoms with Crippen molar-refractivity contribution in [3.63, 3.8) is 0 Å². The van der Waals surface area contributed by atoms with Gasteiger partial charge in [-0.3, -0.25) is 0 Å². The molecule has 1 N–H and O–H groups in total. The van der Waals surface area contributed by atoms with E-state index in [1.807, 2.05) is 0 Å². The number of hydrogen-bond donors (Lipinski definition) is 1. The number of oxime groups is 1. The van der Waals surface area contributed by atoms with Crippen molar-refractivity contribution in [1.29, 1.82) is 0 Å². The van der Waals surface area contributed by atoms with Gasteiger partial charge >= 0.3 is 0 Å². The topological polar surface area (TPSA) is 32.6 Å². The molecule has 2 aromatic rings. The average molecular weight is 289 g/mol. The van der Waals surface area contributed by atoms with E-state index in [1.165, 1.54) is 28.7 Å². The highest BCUT2D eigenvalue weighted by Gasteiger charge is 2.43. The molecule has 2 heteroatoms. The Bertz CT molecular complexity index is 689. The van der Waals surface area contributed by atoms with Crippen LogP contribution in [0.4, 0.5) is 0 Å². The summed E-state index contributed by atoms with van der Waals surface area (Å²) < 4.78 is 0. The van der Waals surface area contributed by atoms with Crippen LogP contribution in [0.25, 0.3) is 5.57 Å². The van der Waals surface area contributed by atoms with Crippen LogP contribution in [0.1, 0.15) is 30.4 Å². The lowest BCUT2D eigenvalue weighted by molar-refractivity contribution is 0.313. The van der Waals surface area contributed by atoms with Gasteiger partial charge in [0.2, 0.25) is 0 Å². The lowest BCUT2D eigenvalue weighted by Crippen LogP contribution is -2.09. The first kappa shape index (κ1) is 13.3. The van der Waals surface area contributed by atoms with Gasteiger partial charge in [-0.15, -0.1) is 0 Å². The Kier molecular flexibility index (Phi) is 3.30. The summed E-state index contributed by atoms with van der Waals surface area (Å²) in [6.45, 7) is 0. The Morgan fingerprint density at radius 3 is 1.95 bits per heavy atom. The monoisotopic (exact) mass is 289 g/mol. The van der Waals surface area contributed by atoms with Gasteiger partial charge in [-0.2, -0.15) is 0 Å². The van der Waals surface area contributed by atoms with Gasteiger partial charge in [0.1, 0.15) is 0 Å². The first-order chi connectivity index (χ1) is 10.9. The van der Waals surface area contributed by atoms with Crippen LogP contribution in [0.15, 0.2) is 71.4 Å². The minimum atomic E-state index is 0.324. The highest BCUT2D eigenvalue weighted by Crippen LogP contribution is 2.51. The Hall–Kier alpha value is -2.35. The minimum absolute atomic E-state index is 0.324. The maximum absolute atomic E-state index is 9.29. The fourth-order valence-electron chi connectivity index (χ4n) is 4.11. The number of allylic oxidation sites excluding steroid dienone is 1. The van der Waals surface area contributed by atoms with Crippen molar-refractivity contribution < 1.29 is 5.21 Å². The highest BCUT2D eigenvalue weighted by atomic mass is 16.4. The molecule has 0 aromatic heterocycles. The third kappa shape index (κ3) is 2.07. The molecule has 0 spiro atoms. The summed E-state index contributed by atoms with van der Waals surface area (Å²) in [7, 11) is 0. The lowest BCUT2D eigenvalue weighted by atomic mass is 9.88. The SMILES string of the molecule is O/N=C1/CC2CCC1C2=C(c1ccccc1)c1ccccc1. The summed E-state index contributed by atoms with van der Waals surface area (Å²) >= 11 is 0.